The summed E-state index contributed by atoms with van der Waals surface area (Å²) in [6.45, 7) is 7.76. The fourth-order valence-corrected chi connectivity index (χ4v) is 4.39. The summed E-state index contributed by atoms with van der Waals surface area (Å²) < 4.78 is 5.24. The van der Waals surface area contributed by atoms with Gasteiger partial charge in [0.15, 0.2) is 0 Å². The molecule has 4 rings (SSSR count). The van der Waals surface area contributed by atoms with Gasteiger partial charge >= 0.3 is 0 Å². The van der Waals surface area contributed by atoms with Crippen LogP contribution in [0.3, 0.4) is 0 Å². The van der Waals surface area contributed by atoms with E-state index < -0.39 is 0 Å². The van der Waals surface area contributed by atoms with Crippen LogP contribution in [0.5, 0.6) is 5.75 Å². The molecule has 0 spiro atoms. The van der Waals surface area contributed by atoms with E-state index >= 15 is 0 Å². The SMILES string of the molecule is COc1ccc(CN(C(=O)C23CCN(CC2)CC3)[C@H](CO)C(C)C)cc1. The monoisotopic (exact) mass is 360 g/mol. The van der Waals surface area contributed by atoms with Crippen molar-refractivity contribution in [3.05, 3.63) is 29.8 Å². The minimum Gasteiger partial charge on any atom is -0.497 e. The number of fused-ring (bicyclic) bond motifs is 3. The number of methoxy groups -OCH3 is 1. The van der Waals surface area contributed by atoms with Gasteiger partial charge in [-0.15, -0.1) is 0 Å². The summed E-state index contributed by atoms with van der Waals surface area (Å²) in [5.74, 6) is 1.26. The molecule has 1 aromatic rings. The Labute approximate surface area is 156 Å². The van der Waals surface area contributed by atoms with Crippen LogP contribution in [0, 0.1) is 11.3 Å². The van der Waals surface area contributed by atoms with E-state index in [1.54, 1.807) is 7.11 Å². The third-order valence-corrected chi connectivity index (χ3v) is 6.30. The number of aliphatic hydroxyl groups excluding tert-OH is 1. The van der Waals surface area contributed by atoms with Crippen molar-refractivity contribution in [2.75, 3.05) is 33.4 Å². The van der Waals surface area contributed by atoms with Crippen LogP contribution in [-0.2, 0) is 11.3 Å². The molecule has 0 radical (unpaired) electrons. The molecule has 0 unspecified atom stereocenters. The first-order chi connectivity index (χ1) is 12.5. The molecule has 5 nitrogen and oxygen atoms in total. The molecule has 5 heteroatoms. The average molecular weight is 360 g/mol. The highest BCUT2D eigenvalue weighted by Crippen LogP contribution is 2.42. The predicted molar refractivity (Wildman–Crippen MR) is 102 cm³/mol. The van der Waals surface area contributed by atoms with Crippen molar-refractivity contribution >= 4 is 5.91 Å². The highest BCUT2D eigenvalue weighted by atomic mass is 16.5. The summed E-state index contributed by atoms with van der Waals surface area (Å²) in [6.07, 6.45) is 2.84. The van der Waals surface area contributed by atoms with Gasteiger partial charge in [0.1, 0.15) is 5.75 Å². The molecule has 3 aliphatic rings. The van der Waals surface area contributed by atoms with Gasteiger partial charge in [0, 0.05) is 6.54 Å². The Hall–Kier alpha value is -1.59. The van der Waals surface area contributed by atoms with Crippen molar-refractivity contribution in [1.82, 2.24) is 9.80 Å². The Bertz CT molecular complexity index is 592. The lowest BCUT2D eigenvalue weighted by Crippen LogP contribution is -2.58. The summed E-state index contributed by atoms with van der Waals surface area (Å²) in [5.41, 5.74) is 0.840. The zero-order valence-corrected chi connectivity index (χ0v) is 16.3. The number of amides is 1. The van der Waals surface area contributed by atoms with Crippen LogP contribution < -0.4 is 4.74 Å². The van der Waals surface area contributed by atoms with E-state index in [4.69, 9.17) is 4.74 Å². The lowest BCUT2D eigenvalue weighted by Gasteiger charge is -2.50. The number of nitrogens with zero attached hydrogens (tertiary/aromatic N) is 2. The van der Waals surface area contributed by atoms with Gasteiger partial charge in [-0.3, -0.25) is 4.79 Å². The van der Waals surface area contributed by atoms with Crippen LogP contribution in [0.1, 0.15) is 38.7 Å². The minimum atomic E-state index is -0.233. The molecule has 1 atom stereocenters. The molecule has 3 fully saturated rings. The number of ether oxygens (including phenoxy) is 1. The fourth-order valence-electron chi connectivity index (χ4n) is 4.39. The second-order valence-corrected chi connectivity index (χ2v) is 8.15. The maximum absolute atomic E-state index is 13.7. The van der Waals surface area contributed by atoms with E-state index in [-0.39, 0.29) is 29.9 Å². The van der Waals surface area contributed by atoms with E-state index in [0.717, 1.165) is 50.2 Å². The molecule has 1 aromatic carbocycles. The first-order valence-corrected chi connectivity index (χ1v) is 9.76. The zero-order valence-electron chi connectivity index (χ0n) is 16.3. The molecule has 3 heterocycles. The van der Waals surface area contributed by atoms with Crippen molar-refractivity contribution in [2.24, 2.45) is 11.3 Å². The van der Waals surface area contributed by atoms with Gasteiger partial charge in [0.25, 0.3) is 0 Å². The minimum absolute atomic E-state index is 0.00175. The van der Waals surface area contributed by atoms with E-state index in [1.165, 1.54) is 0 Å². The summed E-state index contributed by atoms with van der Waals surface area (Å²) in [6, 6.07) is 7.72. The molecule has 144 valence electrons. The third kappa shape index (κ3) is 3.74. The molecule has 0 saturated carbocycles. The van der Waals surface area contributed by atoms with E-state index in [2.05, 4.69) is 18.7 Å². The van der Waals surface area contributed by atoms with Gasteiger partial charge in [-0.1, -0.05) is 26.0 Å². The fraction of sp³-hybridized carbons (Fsp3) is 0.667. The first kappa shape index (κ1) is 19.2. The van der Waals surface area contributed by atoms with Crippen LogP contribution in [0.2, 0.25) is 0 Å². The lowest BCUT2D eigenvalue weighted by atomic mass is 9.70. The molecule has 3 aliphatic heterocycles. The van der Waals surface area contributed by atoms with Gasteiger partial charge in [-0.25, -0.2) is 0 Å². The number of hydrogen-bond donors (Lipinski definition) is 1. The molecular weight excluding hydrogens is 328 g/mol. The van der Waals surface area contributed by atoms with Crippen LogP contribution in [0.15, 0.2) is 24.3 Å². The van der Waals surface area contributed by atoms with Crippen molar-refractivity contribution in [3.8, 4) is 5.75 Å². The van der Waals surface area contributed by atoms with Gasteiger partial charge in [0.2, 0.25) is 5.91 Å². The summed E-state index contributed by atoms with van der Waals surface area (Å²) in [7, 11) is 1.65. The molecule has 3 saturated heterocycles. The number of aliphatic hydroxyl groups is 1. The number of benzene rings is 1. The van der Waals surface area contributed by atoms with Gasteiger partial charge in [-0.2, -0.15) is 0 Å². The van der Waals surface area contributed by atoms with E-state index in [1.807, 2.05) is 29.2 Å². The Morgan fingerprint density at radius 3 is 2.23 bits per heavy atom. The Morgan fingerprint density at radius 2 is 1.77 bits per heavy atom. The maximum atomic E-state index is 13.7. The molecule has 0 aliphatic carbocycles. The van der Waals surface area contributed by atoms with Crippen molar-refractivity contribution < 1.29 is 14.6 Å². The number of rotatable bonds is 7. The molecular formula is C21H32N2O3. The smallest absolute Gasteiger partial charge is 0.229 e. The zero-order chi connectivity index (χ0) is 18.7. The van der Waals surface area contributed by atoms with Crippen LogP contribution in [0.4, 0.5) is 0 Å². The second kappa shape index (κ2) is 7.97. The molecule has 0 aromatic heterocycles. The topological polar surface area (TPSA) is 53.0 Å². The summed E-state index contributed by atoms with van der Waals surface area (Å²) in [5, 5.41) is 10.0. The first-order valence-electron chi connectivity index (χ1n) is 9.76. The molecule has 2 bridgehead atoms. The highest BCUT2D eigenvalue weighted by molar-refractivity contribution is 5.83. The Kier molecular flexibility index (Phi) is 5.88. The van der Waals surface area contributed by atoms with Gasteiger partial charge in [0.05, 0.1) is 25.2 Å². The van der Waals surface area contributed by atoms with Gasteiger partial charge < -0.3 is 19.6 Å². The maximum Gasteiger partial charge on any atom is 0.229 e. The number of hydrogen-bond acceptors (Lipinski definition) is 4. The number of piperidine rings is 3. The Morgan fingerprint density at radius 1 is 1.19 bits per heavy atom. The number of carbonyl (C=O) groups is 1. The number of carbonyl (C=O) groups excluding carboxylic acids is 1. The van der Waals surface area contributed by atoms with Crippen LogP contribution in [0.25, 0.3) is 0 Å². The average Bonchev–Trinajstić information content (AvgIpc) is 2.69. The van der Waals surface area contributed by atoms with Gasteiger partial charge in [-0.05, 0) is 62.5 Å². The second-order valence-electron chi connectivity index (χ2n) is 8.15. The quantitative estimate of drug-likeness (QED) is 0.812. The molecule has 1 amide bonds. The van der Waals surface area contributed by atoms with Crippen molar-refractivity contribution in [2.45, 2.75) is 45.7 Å². The normalized spacial score (nSPS) is 26.0. The molecule has 26 heavy (non-hydrogen) atoms. The standard InChI is InChI=1S/C21H32N2O3/c1-16(2)19(15-24)23(14-17-4-6-18(26-3)7-5-17)20(25)21-8-11-22(12-9-21)13-10-21/h4-7,16,19,24H,8-15H2,1-3H3/t19-/m1/s1. The van der Waals surface area contributed by atoms with Crippen molar-refractivity contribution in [1.29, 1.82) is 0 Å². The molecule has 1 N–H and O–H groups in total. The Balaban J connectivity index is 1.85. The van der Waals surface area contributed by atoms with Crippen LogP contribution >= 0.6 is 0 Å². The largest absolute Gasteiger partial charge is 0.497 e. The highest BCUT2D eigenvalue weighted by Gasteiger charge is 2.48. The summed E-state index contributed by atoms with van der Waals surface area (Å²) in [4.78, 5) is 18.1. The predicted octanol–water partition coefficient (Wildman–Crippen LogP) is 2.53. The van der Waals surface area contributed by atoms with Crippen molar-refractivity contribution in [3.63, 3.8) is 0 Å². The van der Waals surface area contributed by atoms with Crippen LogP contribution in [-0.4, -0.2) is 60.2 Å². The van der Waals surface area contributed by atoms with E-state index in [0.29, 0.717) is 6.54 Å². The van der Waals surface area contributed by atoms with E-state index in [9.17, 15) is 9.90 Å². The third-order valence-electron chi connectivity index (χ3n) is 6.30. The summed E-state index contributed by atoms with van der Waals surface area (Å²) >= 11 is 0. The lowest BCUT2D eigenvalue weighted by molar-refractivity contribution is -0.155.